The van der Waals surface area contributed by atoms with Gasteiger partial charge in [0, 0.05) is 6.54 Å². The highest BCUT2D eigenvalue weighted by atomic mass is 16.4. The molecule has 1 fully saturated rings. The molecule has 1 saturated heterocycles. The lowest BCUT2D eigenvalue weighted by atomic mass is 10.1. The van der Waals surface area contributed by atoms with Gasteiger partial charge in [-0.3, -0.25) is 4.79 Å². The maximum absolute atomic E-state index is 10.7. The lowest BCUT2D eigenvalue weighted by Gasteiger charge is -2.28. The van der Waals surface area contributed by atoms with Crippen LogP contribution in [0.2, 0.25) is 0 Å². The predicted octanol–water partition coefficient (Wildman–Crippen LogP) is 0.145. The highest BCUT2D eigenvalue weighted by Gasteiger charge is 2.19. The van der Waals surface area contributed by atoms with Gasteiger partial charge >= 0.3 is 5.97 Å². The third kappa shape index (κ3) is 3.32. The van der Waals surface area contributed by atoms with Crippen molar-refractivity contribution in [1.29, 1.82) is 0 Å². The van der Waals surface area contributed by atoms with Gasteiger partial charge < -0.3 is 15.3 Å². The fraction of sp³-hybridized carbons (Fsp3) is 0.889. The first-order valence-electron chi connectivity index (χ1n) is 4.86. The summed E-state index contributed by atoms with van der Waals surface area (Å²) in [6, 6.07) is -0.418. The molecule has 1 unspecified atom stereocenters. The SMILES string of the molecule is CNC(CN1CCCCC1)C(=O)O. The average Bonchev–Trinajstić information content (AvgIpc) is 2.15. The normalized spacial score (nSPS) is 21.3. The minimum Gasteiger partial charge on any atom is -0.480 e. The molecule has 0 aromatic carbocycles. The second-order valence-electron chi connectivity index (χ2n) is 3.54. The maximum atomic E-state index is 10.7. The molecule has 13 heavy (non-hydrogen) atoms. The topological polar surface area (TPSA) is 52.6 Å². The summed E-state index contributed by atoms with van der Waals surface area (Å²) in [5.74, 6) is -0.756. The van der Waals surface area contributed by atoms with Crippen LogP contribution in [-0.2, 0) is 4.79 Å². The fourth-order valence-corrected chi connectivity index (χ4v) is 1.69. The molecule has 4 nitrogen and oxygen atoms in total. The van der Waals surface area contributed by atoms with E-state index in [1.165, 1.54) is 19.3 Å². The quantitative estimate of drug-likeness (QED) is 0.656. The summed E-state index contributed by atoms with van der Waals surface area (Å²) in [4.78, 5) is 12.9. The maximum Gasteiger partial charge on any atom is 0.322 e. The molecule has 0 amide bonds. The number of hydrogen-bond donors (Lipinski definition) is 2. The van der Waals surface area contributed by atoms with E-state index in [9.17, 15) is 4.79 Å². The van der Waals surface area contributed by atoms with Gasteiger partial charge in [-0.25, -0.2) is 0 Å². The van der Waals surface area contributed by atoms with Crippen molar-refractivity contribution >= 4 is 5.97 Å². The van der Waals surface area contributed by atoms with Gasteiger partial charge in [-0.05, 0) is 33.0 Å². The molecule has 1 aliphatic rings. The zero-order valence-corrected chi connectivity index (χ0v) is 8.12. The number of nitrogens with one attached hydrogen (secondary N) is 1. The molecule has 2 N–H and O–H groups in total. The lowest BCUT2D eigenvalue weighted by molar-refractivity contribution is -0.139. The van der Waals surface area contributed by atoms with E-state index < -0.39 is 12.0 Å². The van der Waals surface area contributed by atoms with Gasteiger partial charge in [-0.1, -0.05) is 6.42 Å². The zero-order valence-electron chi connectivity index (χ0n) is 8.12. The Morgan fingerprint density at radius 1 is 1.46 bits per heavy atom. The van der Waals surface area contributed by atoms with E-state index in [1.54, 1.807) is 7.05 Å². The Morgan fingerprint density at radius 3 is 2.54 bits per heavy atom. The van der Waals surface area contributed by atoms with Crippen LogP contribution in [0.4, 0.5) is 0 Å². The van der Waals surface area contributed by atoms with Gasteiger partial charge in [0.1, 0.15) is 6.04 Å². The molecule has 0 saturated carbocycles. The average molecular weight is 186 g/mol. The van der Waals surface area contributed by atoms with Crippen molar-refractivity contribution < 1.29 is 9.90 Å². The lowest BCUT2D eigenvalue weighted by Crippen LogP contribution is -2.46. The molecular formula is C9H18N2O2. The molecule has 0 aliphatic carbocycles. The largest absolute Gasteiger partial charge is 0.480 e. The molecule has 1 atom stereocenters. The number of nitrogens with zero attached hydrogens (tertiary/aromatic N) is 1. The van der Waals surface area contributed by atoms with E-state index in [4.69, 9.17) is 5.11 Å². The molecule has 1 aliphatic heterocycles. The smallest absolute Gasteiger partial charge is 0.322 e. The number of likely N-dealkylation sites (N-methyl/N-ethyl adjacent to an activating group) is 1. The summed E-state index contributed by atoms with van der Waals surface area (Å²) in [6.07, 6.45) is 3.69. The molecule has 0 bridgehead atoms. The van der Waals surface area contributed by atoms with E-state index in [-0.39, 0.29) is 0 Å². The fourth-order valence-electron chi connectivity index (χ4n) is 1.69. The Labute approximate surface area is 78.9 Å². The molecule has 0 aromatic heterocycles. The van der Waals surface area contributed by atoms with Crippen molar-refractivity contribution in [1.82, 2.24) is 10.2 Å². The molecule has 1 heterocycles. The number of piperidine rings is 1. The highest BCUT2D eigenvalue weighted by molar-refractivity contribution is 5.73. The van der Waals surface area contributed by atoms with Crippen LogP contribution in [0.3, 0.4) is 0 Å². The first-order valence-corrected chi connectivity index (χ1v) is 4.86. The molecule has 0 spiro atoms. The Balaban J connectivity index is 2.31. The second-order valence-corrected chi connectivity index (χ2v) is 3.54. The number of likely N-dealkylation sites (tertiary alicyclic amines) is 1. The van der Waals surface area contributed by atoms with Crippen LogP contribution in [-0.4, -0.2) is 48.7 Å². The molecule has 1 rings (SSSR count). The summed E-state index contributed by atoms with van der Waals surface area (Å²) in [5.41, 5.74) is 0. The van der Waals surface area contributed by atoms with Crippen LogP contribution in [0.15, 0.2) is 0 Å². The molecule has 0 aromatic rings. The van der Waals surface area contributed by atoms with E-state index in [0.717, 1.165) is 13.1 Å². The third-order valence-corrected chi connectivity index (χ3v) is 2.54. The Bertz CT molecular complexity index is 167. The van der Waals surface area contributed by atoms with Gasteiger partial charge in [-0.15, -0.1) is 0 Å². The van der Waals surface area contributed by atoms with Crippen molar-refractivity contribution in [2.75, 3.05) is 26.7 Å². The first-order chi connectivity index (χ1) is 6.24. The number of rotatable bonds is 4. The Morgan fingerprint density at radius 2 is 2.08 bits per heavy atom. The van der Waals surface area contributed by atoms with Crippen molar-refractivity contribution in [3.05, 3.63) is 0 Å². The second kappa shape index (κ2) is 5.19. The van der Waals surface area contributed by atoms with Crippen molar-refractivity contribution in [2.45, 2.75) is 25.3 Å². The van der Waals surface area contributed by atoms with Crippen LogP contribution < -0.4 is 5.32 Å². The number of carboxylic acids is 1. The van der Waals surface area contributed by atoms with E-state index in [1.807, 2.05) is 0 Å². The van der Waals surface area contributed by atoms with Crippen LogP contribution in [0.25, 0.3) is 0 Å². The predicted molar refractivity (Wildman–Crippen MR) is 50.8 cm³/mol. The first kappa shape index (κ1) is 10.5. The van der Waals surface area contributed by atoms with Gasteiger partial charge in [0.25, 0.3) is 0 Å². The van der Waals surface area contributed by atoms with Gasteiger partial charge in [-0.2, -0.15) is 0 Å². The van der Waals surface area contributed by atoms with Crippen molar-refractivity contribution in [3.63, 3.8) is 0 Å². The Hall–Kier alpha value is -0.610. The number of carbonyl (C=O) groups is 1. The van der Waals surface area contributed by atoms with Crippen molar-refractivity contribution in [2.24, 2.45) is 0 Å². The summed E-state index contributed by atoms with van der Waals surface area (Å²) in [6.45, 7) is 2.72. The van der Waals surface area contributed by atoms with Crippen LogP contribution >= 0.6 is 0 Å². The molecule has 76 valence electrons. The Kier molecular flexibility index (Phi) is 4.18. The van der Waals surface area contributed by atoms with E-state index in [2.05, 4.69) is 10.2 Å². The summed E-state index contributed by atoms with van der Waals surface area (Å²) in [7, 11) is 1.70. The third-order valence-electron chi connectivity index (χ3n) is 2.54. The van der Waals surface area contributed by atoms with Crippen molar-refractivity contribution in [3.8, 4) is 0 Å². The monoisotopic (exact) mass is 186 g/mol. The van der Waals surface area contributed by atoms with E-state index >= 15 is 0 Å². The van der Waals surface area contributed by atoms with Crippen LogP contribution in [0, 0.1) is 0 Å². The zero-order chi connectivity index (χ0) is 9.68. The summed E-state index contributed by atoms with van der Waals surface area (Å²) >= 11 is 0. The van der Waals surface area contributed by atoms with Gasteiger partial charge in [0.15, 0.2) is 0 Å². The number of carboxylic acid groups (broad SMARTS) is 1. The molecular weight excluding hydrogens is 168 g/mol. The van der Waals surface area contributed by atoms with Crippen LogP contribution in [0.5, 0.6) is 0 Å². The van der Waals surface area contributed by atoms with E-state index in [0.29, 0.717) is 6.54 Å². The van der Waals surface area contributed by atoms with Crippen LogP contribution in [0.1, 0.15) is 19.3 Å². The minimum atomic E-state index is -0.756. The number of hydrogen-bond acceptors (Lipinski definition) is 3. The molecule has 0 radical (unpaired) electrons. The molecule has 4 heteroatoms. The minimum absolute atomic E-state index is 0.418. The number of aliphatic carboxylic acids is 1. The summed E-state index contributed by atoms with van der Waals surface area (Å²) in [5, 5.41) is 11.6. The van der Waals surface area contributed by atoms with Gasteiger partial charge in [0.2, 0.25) is 0 Å². The highest BCUT2D eigenvalue weighted by Crippen LogP contribution is 2.08. The van der Waals surface area contributed by atoms with Gasteiger partial charge in [0.05, 0.1) is 0 Å². The standard InChI is InChI=1S/C9H18N2O2/c1-10-8(9(12)13)7-11-5-3-2-4-6-11/h8,10H,2-7H2,1H3,(H,12,13). The summed E-state index contributed by atoms with van der Waals surface area (Å²) < 4.78 is 0.